The summed E-state index contributed by atoms with van der Waals surface area (Å²) in [4.78, 5) is 33.4. The minimum absolute atomic E-state index is 0.0627. The number of sulfone groups is 1. The molecule has 1 fully saturated rings. The number of thiazole rings is 1. The average molecular weight is 562 g/mol. The van der Waals surface area contributed by atoms with Crippen LogP contribution < -0.4 is 5.32 Å². The third kappa shape index (κ3) is 5.40. The molecule has 1 aromatic heterocycles. The Bertz CT molecular complexity index is 1270. The fourth-order valence-electron chi connectivity index (χ4n) is 6.65. The van der Waals surface area contributed by atoms with E-state index in [0.717, 1.165) is 29.8 Å². The number of aromatic nitrogens is 1. The number of carbonyl (C=O) groups is 2. The molecule has 0 unspecified atom stereocenters. The van der Waals surface area contributed by atoms with Crippen LogP contribution in [-0.2, 0) is 25.8 Å². The number of nitrogens with one attached hydrogen (secondary N) is 1. The van der Waals surface area contributed by atoms with Crippen LogP contribution in [0.15, 0.2) is 35.2 Å². The van der Waals surface area contributed by atoms with Crippen LogP contribution in [0, 0.1) is 23.2 Å². The standard InChI is InChI=1S/C28H39N3O5S2/c1-6-31(7-2)26(34)17(3)20-13-14-28(5)15-21-24(18(4)23(28)25(20)33)30-27(37-21)29-22(32)16-38(35,36)19-11-9-8-10-12-19/h8-12,17-18,20,23,25,33H,6-7,13-16H2,1-5H3,(H,29,30,32)/t17-,18-,20+,23+,25-,28-/m0/s1. The number of hydrogen-bond donors (Lipinski definition) is 2. The number of carbonyl (C=O) groups excluding carboxylic acids is 2. The van der Waals surface area contributed by atoms with Crippen molar-refractivity contribution in [2.24, 2.45) is 23.2 Å². The highest BCUT2D eigenvalue weighted by Gasteiger charge is 2.54. The molecule has 1 aromatic carbocycles. The molecular weight excluding hydrogens is 522 g/mol. The first-order chi connectivity index (χ1) is 17.9. The van der Waals surface area contributed by atoms with Gasteiger partial charge in [0.15, 0.2) is 15.0 Å². The maximum Gasteiger partial charge on any atom is 0.241 e. The van der Waals surface area contributed by atoms with Gasteiger partial charge in [0.1, 0.15) is 5.75 Å². The maximum absolute atomic E-state index is 13.1. The van der Waals surface area contributed by atoms with E-state index in [0.29, 0.717) is 18.2 Å². The van der Waals surface area contributed by atoms with Crippen LogP contribution in [0.3, 0.4) is 0 Å². The van der Waals surface area contributed by atoms with Crippen molar-refractivity contribution in [3.63, 3.8) is 0 Å². The molecule has 1 heterocycles. The minimum Gasteiger partial charge on any atom is -0.392 e. The first-order valence-electron chi connectivity index (χ1n) is 13.5. The molecule has 2 aromatic rings. The zero-order chi connectivity index (χ0) is 27.8. The Morgan fingerprint density at radius 1 is 1.24 bits per heavy atom. The molecule has 4 rings (SSSR count). The number of benzene rings is 1. The number of anilines is 1. The molecule has 10 heteroatoms. The zero-order valence-corrected chi connectivity index (χ0v) is 24.4. The van der Waals surface area contributed by atoms with Crippen molar-refractivity contribution < 1.29 is 23.1 Å². The van der Waals surface area contributed by atoms with Crippen molar-refractivity contribution in [3.05, 3.63) is 40.9 Å². The number of aliphatic hydroxyl groups excluding tert-OH is 1. The van der Waals surface area contributed by atoms with E-state index in [2.05, 4.69) is 19.2 Å². The highest BCUT2D eigenvalue weighted by molar-refractivity contribution is 7.92. The fraction of sp³-hybridized carbons (Fsp3) is 0.607. The van der Waals surface area contributed by atoms with Gasteiger partial charge in [-0.05, 0) is 62.5 Å². The lowest BCUT2D eigenvalue weighted by Crippen LogP contribution is -2.53. The van der Waals surface area contributed by atoms with Crippen LogP contribution in [0.5, 0.6) is 0 Å². The Morgan fingerprint density at radius 2 is 1.89 bits per heavy atom. The highest BCUT2D eigenvalue weighted by atomic mass is 32.2. The van der Waals surface area contributed by atoms with Crippen molar-refractivity contribution in [1.29, 1.82) is 0 Å². The van der Waals surface area contributed by atoms with Crippen LogP contribution in [0.25, 0.3) is 0 Å². The molecule has 2 amide bonds. The summed E-state index contributed by atoms with van der Waals surface area (Å²) in [6.45, 7) is 11.5. The second kappa shape index (κ2) is 11.1. The molecule has 2 aliphatic rings. The monoisotopic (exact) mass is 561 g/mol. The fourth-order valence-corrected chi connectivity index (χ4v) is 9.08. The topological polar surface area (TPSA) is 117 Å². The average Bonchev–Trinajstić information content (AvgIpc) is 3.26. The summed E-state index contributed by atoms with van der Waals surface area (Å²) in [6, 6.07) is 7.93. The molecule has 0 saturated heterocycles. The van der Waals surface area contributed by atoms with Crippen LogP contribution in [-0.4, -0.2) is 60.2 Å². The van der Waals surface area contributed by atoms with Crippen molar-refractivity contribution >= 4 is 38.1 Å². The third-order valence-electron chi connectivity index (χ3n) is 8.70. The Kier molecular flexibility index (Phi) is 8.35. The SMILES string of the molecule is CCN(CC)C(=O)[C@@H](C)[C@H]1CC[C@@]2(C)Cc3sc(NC(=O)CS(=O)(=O)c4ccccc4)nc3[C@@H](C)[C@@H]2[C@H]1O. The van der Waals surface area contributed by atoms with Gasteiger partial charge < -0.3 is 15.3 Å². The van der Waals surface area contributed by atoms with E-state index in [1.807, 2.05) is 25.7 Å². The lowest BCUT2D eigenvalue weighted by atomic mass is 9.53. The predicted octanol–water partition coefficient (Wildman–Crippen LogP) is 4.11. The van der Waals surface area contributed by atoms with E-state index in [-0.39, 0.29) is 39.9 Å². The van der Waals surface area contributed by atoms with Crippen molar-refractivity contribution in [1.82, 2.24) is 9.88 Å². The van der Waals surface area contributed by atoms with Crippen molar-refractivity contribution in [3.8, 4) is 0 Å². The first-order valence-corrected chi connectivity index (χ1v) is 15.9. The van der Waals surface area contributed by atoms with Crippen LogP contribution in [0.1, 0.15) is 63.9 Å². The van der Waals surface area contributed by atoms with E-state index in [9.17, 15) is 23.1 Å². The Balaban J connectivity index is 1.51. The summed E-state index contributed by atoms with van der Waals surface area (Å²) in [5.41, 5.74) is 0.700. The summed E-state index contributed by atoms with van der Waals surface area (Å²) < 4.78 is 25.2. The number of fused-ring (bicyclic) bond motifs is 2. The third-order valence-corrected chi connectivity index (χ3v) is 11.3. The Hall–Kier alpha value is -2.30. The Labute approximate surface area is 229 Å². The summed E-state index contributed by atoms with van der Waals surface area (Å²) in [5.74, 6) is -1.70. The van der Waals surface area contributed by atoms with E-state index in [1.165, 1.54) is 23.5 Å². The summed E-state index contributed by atoms with van der Waals surface area (Å²) in [5, 5.41) is 14.7. The second-order valence-corrected chi connectivity index (χ2v) is 14.2. The molecule has 1 saturated carbocycles. The van der Waals surface area contributed by atoms with Gasteiger partial charge in [0.2, 0.25) is 11.8 Å². The molecule has 208 valence electrons. The van der Waals surface area contributed by atoms with Gasteiger partial charge in [-0.15, -0.1) is 11.3 Å². The van der Waals surface area contributed by atoms with Crippen molar-refractivity contribution in [2.45, 2.75) is 70.8 Å². The van der Waals surface area contributed by atoms with E-state index in [1.54, 1.807) is 18.2 Å². The quantitative estimate of drug-likeness (QED) is 0.501. The number of nitrogens with zero attached hydrogens (tertiary/aromatic N) is 2. The predicted molar refractivity (Wildman–Crippen MR) is 149 cm³/mol. The normalized spacial score (nSPS) is 27.6. The lowest BCUT2D eigenvalue weighted by Gasteiger charge is -2.53. The van der Waals surface area contributed by atoms with Gasteiger partial charge in [0.25, 0.3) is 0 Å². The van der Waals surface area contributed by atoms with Gasteiger partial charge in [-0.25, -0.2) is 13.4 Å². The smallest absolute Gasteiger partial charge is 0.241 e. The van der Waals surface area contributed by atoms with Gasteiger partial charge in [-0.1, -0.05) is 39.0 Å². The van der Waals surface area contributed by atoms with Crippen LogP contribution >= 0.6 is 11.3 Å². The lowest BCUT2D eigenvalue weighted by molar-refractivity contribution is -0.144. The molecule has 0 radical (unpaired) electrons. The highest BCUT2D eigenvalue weighted by Crippen LogP contribution is 2.57. The van der Waals surface area contributed by atoms with Gasteiger partial charge in [-0.3, -0.25) is 9.59 Å². The molecule has 38 heavy (non-hydrogen) atoms. The van der Waals surface area contributed by atoms with Gasteiger partial charge in [0.05, 0.1) is 16.7 Å². The second-order valence-electron chi connectivity index (χ2n) is 11.1. The molecule has 8 nitrogen and oxygen atoms in total. The molecule has 2 aliphatic carbocycles. The number of hydrogen-bond acceptors (Lipinski definition) is 7. The van der Waals surface area contributed by atoms with Crippen LogP contribution in [0.4, 0.5) is 5.13 Å². The molecule has 0 spiro atoms. The summed E-state index contributed by atoms with van der Waals surface area (Å²) >= 11 is 1.39. The maximum atomic E-state index is 13.1. The summed E-state index contributed by atoms with van der Waals surface area (Å²) in [6.07, 6.45) is 1.77. The first kappa shape index (κ1) is 28.7. The number of amides is 2. The molecular formula is C28H39N3O5S2. The van der Waals surface area contributed by atoms with Crippen molar-refractivity contribution in [2.75, 3.05) is 24.2 Å². The van der Waals surface area contributed by atoms with E-state index in [4.69, 9.17) is 4.98 Å². The van der Waals surface area contributed by atoms with Gasteiger partial charge in [-0.2, -0.15) is 0 Å². The molecule has 6 atom stereocenters. The Morgan fingerprint density at radius 3 is 2.53 bits per heavy atom. The molecule has 2 N–H and O–H groups in total. The van der Waals surface area contributed by atoms with Gasteiger partial charge in [0, 0.05) is 29.8 Å². The summed E-state index contributed by atoms with van der Waals surface area (Å²) in [7, 11) is -3.76. The van der Waals surface area contributed by atoms with E-state index >= 15 is 0 Å². The van der Waals surface area contributed by atoms with Crippen LogP contribution in [0.2, 0.25) is 0 Å². The number of rotatable bonds is 8. The minimum atomic E-state index is -3.76. The number of aliphatic hydroxyl groups is 1. The molecule has 0 bridgehead atoms. The molecule has 0 aliphatic heterocycles. The van der Waals surface area contributed by atoms with E-state index < -0.39 is 27.6 Å². The zero-order valence-electron chi connectivity index (χ0n) is 22.8. The van der Waals surface area contributed by atoms with Gasteiger partial charge >= 0.3 is 0 Å². The largest absolute Gasteiger partial charge is 0.392 e.